The van der Waals surface area contributed by atoms with Gasteiger partial charge in [-0.1, -0.05) is 57.0 Å². The summed E-state index contributed by atoms with van der Waals surface area (Å²) >= 11 is 0. The molecule has 0 N–H and O–H groups in total. The molecule has 1 saturated heterocycles. The third-order valence-electron chi connectivity index (χ3n) is 7.61. The Labute approximate surface area is 195 Å². The third kappa shape index (κ3) is 4.56. The van der Waals surface area contributed by atoms with E-state index in [1.165, 1.54) is 58.3 Å². The molecule has 1 heteroatoms. The number of nitrogens with zero attached hydrogens (tertiary/aromatic N) is 1. The molecule has 0 spiro atoms. The largest absolute Gasteiger partial charge is 0.371 e. The Balaban J connectivity index is 1.51. The molecule has 2 aromatic carbocycles. The van der Waals surface area contributed by atoms with Crippen LogP contribution in [0.25, 0.3) is 11.3 Å². The van der Waals surface area contributed by atoms with Gasteiger partial charge >= 0.3 is 0 Å². The van der Waals surface area contributed by atoms with Crippen molar-refractivity contribution in [1.82, 2.24) is 4.90 Å². The van der Waals surface area contributed by atoms with Crippen LogP contribution in [0.2, 0.25) is 0 Å². The molecule has 2 fully saturated rings. The van der Waals surface area contributed by atoms with Gasteiger partial charge in [-0.3, -0.25) is 0 Å². The van der Waals surface area contributed by atoms with Crippen LogP contribution in [0, 0.1) is 19.3 Å². The summed E-state index contributed by atoms with van der Waals surface area (Å²) in [5.41, 5.74) is 10.4. The monoisotopic (exact) mass is 423 g/mol. The van der Waals surface area contributed by atoms with Crippen LogP contribution in [0.15, 0.2) is 49.6 Å². The van der Waals surface area contributed by atoms with Gasteiger partial charge < -0.3 is 4.90 Å². The maximum absolute atomic E-state index is 5.51. The fourth-order valence-corrected chi connectivity index (χ4v) is 5.35. The second-order valence-electron chi connectivity index (χ2n) is 9.71. The number of rotatable bonds is 7. The Morgan fingerprint density at radius 1 is 1.00 bits per heavy atom. The molecule has 0 radical (unpaired) electrons. The molecule has 2 aliphatic rings. The fourth-order valence-electron chi connectivity index (χ4n) is 5.35. The molecule has 1 nitrogen and oxygen atoms in total. The number of hydrogen-bond donors (Lipinski definition) is 0. The number of aryl methyl sites for hydroxylation is 1. The highest BCUT2D eigenvalue weighted by Crippen LogP contribution is 2.42. The zero-order valence-electron chi connectivity index (χ0n) is 19.9. The number of piperidine rings is 1. The quantitative estimate of drug-likeness (QED) is 0.409. The maximum atomic E-state index is 5.51. The van der Waals surface area contributed by atoms with E-state index in [0.717, 1.165) is 50.3 Å². The Morgan fingerprint density at radius 3 is 2.25 bits per heavy atom. The number of allylic oxidation sites excluding steroid dienone is 1. The van der Waals surface area contributed by atoms with E-state index in [1.807, 2.05) is 0 Å². The van der Waals surface area contributed by atoms with Crippen molar-refractivity contribution in [2.45, 2.75) is 70.6 Å². The van der Waals surface area contributed by atoms with Crippen LogP contribution in [0.1, 0.15) is 97.1 Å². The Hall–Kier alpha value is -2.72. The normalized spacial score (nSPS) is 17.0. The van der Waals surface area contributed by atoms with E-state index < -0.39 is 0 Å². The average Bonchev–Trinajstić information content (AvgIpc) is 2.78. The van der Waals surface area contributed by atoms with Gasteiger partial charge in [-0.05, 0) is 96.9 Å². The van der Waals surface area contributed by atoms with Crippen molar-refractivity contribution in [3.63, 3.8) is 0 Å². The summed E-state index contributed by atoms with van der Waals surface area (Å²) < 4.78 is 0. The first-order valence-electron chi connectivity index (χ1n) is 12.3. The highest BCUT2D eigenvalue weighted by molar-refractivity contribution is 5.74. The van der Waals surface area contributed by atoms with Crippen LogP contribution >= 0.6 is 0 Å². The van der Waals surface area contributed by atoms with Gasteiger partial charge in [-0.2, -0.15) is 0 Å². The summed E-state index contributed by atoms with van der Waals surface area (Å²) in [6.07, 6.45) is 14.0. The molecule has 1 saturated carbocycles. The van der Waals surface area contributed by atoms with Crippen molar-refractivity contribution in [1.29, 1.82) is 0 Å². The minimum atomic E-state index is 0.604. The molecule has 0 amide bonds. The fraction of sp³-hybridized carbons (Fsp3) is 0.419. The maximum Gasteiger partial charge on any atom is 0.0369 e. The van der Waals surface area contributed by atoms with Crippen molar-refractivity contribution >= 4 is 11.3 Å². The summed E-state index contributed by atoms with van der Waals surface area (Å²) in [6, 6.07) is 13.4. The Kier molecular flexibility index (Phi) is 6.90. The number of benzene rings is 2. The zero-order valence-corrected chi connectivity index (χ0v) is 19.9. The Bertz CT molecular complexity index is 1020. The van der Waals surface area contributed by atoms with Gasteiger partial charge in [0.15, 0.2) is 0 Å². The van der Waals surface area contributed by atoms with Gasteiger partial charge in [-0.15, -0.1) is 6.42 Å². The minimum Gasteiger partial charge on any atom is -0.371 e. The highest BCUT2D eigenvalue weighted by atomic mass is 15.1. The van der Waals surface area contributed by atoms with E-state index >= 15 is 0 Å². The summed E-state index contributed by atoms with van der Waals surface area (Å²) in [6.45, 7) is 15.6. The van der Waals surface area contributed by atoms with Crippen molar-refractivity contribution in [2.75, 3.05) is 13.1 Å². The van der Waals surface area contributed by atoms with Gasteiger partial charge in [0.25, 0.3) is 0 Å². The molecule has 1 aliphatic heterocycles. The molecule has 32 heavy (non-hydrogen) atoms. The first-order valence-corrected chi connectivity index (χ1v) is 12.3. The predicted molar refractivity (Wildman–Crippen MR) is 139 cm³/mol. The van der Waals surface area contributed by atoms with E-state index in [2.05, 4.69) is 74.2 Å². The summed E-state index contributed by atoms with van der Waals surface area (Å²) in [5.74, 6) is 4.04. The molecule has 0 bridgehead atoms. The highest BCUT2D eigenvalue weighted by Gasteiger charge is 2.26. The second kappa shape index (κ2) is 9.83. The van der Waals surface area contributed by atoms with Gasteiger partial charge in [0.05, 0.1) is 0 Å². The molecule has 1 heterocycles. The molecule has 4 rings (SSSR count). The van der Waals surface area contributed by atoms with Gasteiger partial charge in [-0.25, -0.2) is 0 Å². The number of terminal acetylenes is 1. The van der Waals surface area contributed by atoms with Crippen LogP contribution in [0.3, 0.4) is 0 Å². The lowest BCUT2D eigenvalue weighted by Crippen LogP contribution is -2.31. The molecule has 0 unspecified atom stereocenters. The minimum absolute atomic E-state index is 0.604. The van der Waals surface area contributed by atoms with Crippen molar-refractivity contribution in [3.8, 4) is 12.3 Å². The zero-order chi connectivity index (χ0) is 22.7. The van der Waals surface area contributed by atoms with E-state index in [9.17, 15) is 0 Å². The van der Waals surface area contributed by atoms with Crippen LogP contribution < -0.4 is 0 Å². The van der Waals surface area contributed by atoms with Crippen molar-refractivity contribution < 1.29 is 0 Å². The molecular formula is C31H37N. The number of likely N-dealkylation sites (tertiary alicyclic amines) is 1. The van der Waals surface area contributed by atoms with E-state index in [1.54, 1.807) is 0 Å². The average molecular weight is 424 g/mol. The molecular weight excluding hydrogens is 386 g/mol. The standard InChI is InChI=1S/C31H37N/c1-6-9-22(3)30-21-29(23(4)20-31(30)28-10-8-11-28)24(5)32-18-16-27(17-19-32)26-14-12-25(7-2)13-15-26/h2,12-15,20-21,27-28H,3,5-6,8-11,16-19H2,1,4H3. The molecule has 2 aromatic rings. The van der Waals surface area contributed by atoms with Gasteiger partial charge in [0.1, 0.15) is 0 Å². The van der Waals surface area contributed by atoms with E-state index in [-0.39, 0.29) is 0 Å². The summed E-state index contributed by atoms with van der Waals surface area (Å²) in [4.78, 5) is 2.49. The summed E-state index contributed by atoms with van der Waals surface area (Å²) in [5, 5.41) is 0. The Morgan fingerprint density at radius 2 is 1.69 bits per heavy atom. The smallest absolute Gasteiger partial charge is 0.0369 e. The SMILES string of the molecule is C#Cc1ccc(C2CCN(C(=C)c3cc(C(=C)CCC)c(C4CCC4)cc3C)CC2)cc1. The van der Waals surface area contributed by atoms with Crippen molar-refractivity contribution in [2.24, 2.45) is 0 Å². The van der Waals surface area contributed by atoms with Crippen LogP contribution in [-0.4, -0.2) is 18.0 Å². The predicted octanol–water partition coefficient (Wildman–Crippen LogP) is 7.91. The lowest BCUT2D eigenvalue weighted by Gasteiger charge is -2.36. The number of hydrogen-bond acceptors (Lipinski definition) is 1. The van der Waals surface area contributed by atoms with Gasteiger partial charge in [0.2, 0.25) is 0 Å². The third-order valence-corrected chi connectivity index (χ3v) is 7.61. The topological polar surface area (TPSA) is 3.24 Å². The summed E-state index contributed by atoms with van der Waals surface area (Å²) in [7, 11) is 0. The lowest BCUT2D eigenvalue weighted by molar-refractivity contribution is 0.299. The van der Waals surface area contributed by atoms with Crippen molar-refractivity contribution in [3.05, 3.63) is 82.9 Å². The van der Waals surface area contributed by atoms with Crippen LogP contribution in [0.4, 0.5) is 0 Å². The molecule has 1 aliphatic carbocycles. The lowest BCUT2D eigenvalue weighted by atomic mass is 9.75. The molecule has 166 valence electrons. The van der Waals surface area contributed by atoms with Crippen LogP contribution in [-0.2, 0) is 0 Å². The van der Waals surface area contributed by atoms with Crippen LogP contribution in [0.5, 0.6) is 0 Å². The second-order valence-corrected chi connectivity index (χ2v) is 9.71. The van der Waals surface area contributed by atoms with E-state index in [0.29, 0.717) is 5.92 Å². The molecule has 0 atom stereocenters. The van der Waals surface area contributed by atoms with E-state index in [4.69, 9.17) is 6.42 Å². The first kappa shape index (κ1) is 22.5. The first-order chi connectivity index (χ1) is 15.5. The molecule has 0 aromatic heterocycles. The van der Waals surface area contributed by atoms with Gasteiger partial charge in [0, 0.05) is 29.9 Å².